The molecular weight excluding hydrogens is 406 g/mol. The summed E-state index contributed by atoms with van der Waals surface area (Å²) >= 11 is 3.17. The van der Waals surface area contributed by atoms with E-state index in [9.17, 15) is 9.59 Å². The molecule has 2 heterocycles. The highest BCUT2D eigenvalue weighted by Crippen LogP contribution is 2.31. The molecule has 1 amide bonds. The lowest BCUT2D eigenvalue weighted by Gasteiger charge is -2.26. The van der Waals surface area contributed by atoms with Crippen LogP contribution in [0.2, 0.25) is 0 Å². The number of amides is 1. The first kappa shape index (κ1) is 20.8. The zero-order valence-electron chi connectivity index (χ0n) is 16.3. The van der Waals surface area contributed by atoms with Gasteiger partial charge in [-0.05, 0) is 42.7 Å². The Morgan fingerprint density at radius 1 is 1.28 bits per heavy atom. The van der Waals surface area contributed by atoms with Gasteiger partial charge in [-0.1, -0.05) is 29.4 Å². The summed E-state index contributed by atoms with van der Waals surface area (Å²) < 4.78 is 0. The van der Waals surface area contributed by atoms with Crippen LogP contribution in [-0.4, -0.2) is 62.9 Å². The Morgan fingerprint density at radius 3 is 2.76 bits per heavy atom. The number of Topliss-reactive ketones (excluding diaryl/α,β-unsaturated/α-hetero) is 1. The molecule has 2 fully saturated rings. The molecule has 3 atom stereocenters. The molecule has 1 aliphatic carbocycles. The first-order valence-electron chi connectivity index (χ1n) is 10.2. The van der Waals surface area contributed by atoms with E-state index >= 15 is 0 Å². The van der Waals surface area contributed by atoms with Crippen LogP contribution in [0.15, 0.2) is 29.4 Å². The number of hydrogen-bond acceptors (Lipinski definition) is 7. The van der Waals surface area contributed by atoms with Crippen molar-refractivity contribution in [1.82, 2.24) is 10.2 Å². The number of nitrogens with one attached hydrogen (secondary N) is 1. The summed E-state index contributed by atoms with van der Waals surface area (Å²) in [4.78, 5) is 27.6. The van der Waals surface area contributed by atoms with Crippen molar-refractivity contribution >= 4 is 41.4 Å². The molecule has 4 rings (SSSR count). The fraction of sp³-hybridized carbons (Fsp3) is 0.571. The molecule has 1 unspecified atom stereocenters. The van der Waals surface area contributed by atoms with Gasteiger partial charge < -0.3 is 10.1 Å². The number of oxime groups is 1. The molecule has 0 saturated carbocycles. The molecule has 156 valence electrons. The van der Waals surface area contributed by atoms with Crippen molar-refractivity contribution in [2.24, 2.45) is 11.1 Å². The summed E-state index contributed by atoms with van der Waals surface area (Å²) in [7, 11) is 0. The first-order chi connectivity index (χ1) is 14.2. The monoisotopic (exact) mass is 433 g/mol. The lowest BCUT2D eigenvalue weighted by molar-refractivity contribution is -0.134. The van der Waals surface area contributed by atoms with E-state index in [4.69, 9.17) is 5.21 Å². The van der Waals surface area contributed by atoms with Crippen molar-refractivity contribution in [3.63, 3.8) is 0 Å². The molecule has 1 aromatic carbocycles. The maximum atomic E-state index is 13.0. The van der Waals surface area contributed by atoms with Crippen LogP contribution in [0.3, 0.4) is 0 Å². The van der Waals surface area contributed by atoms with Crippen LogP contribution < -0.4 is 5.32 Å². The molecule has 0 bridgehead atoms. The Kier molecular flexibility index (Phi) is 6.82. The van der Waals surface area contributed by atoms with Gasteiger partial charge in [-0.2, -0.15) is 0 Å². The van der Waals surface area contributed by atoms with Crippen LogP contribution in [-0.2, 0) is 22.4 Å². The summed E-state index contributed by atoms with van der Waals surface area (Å²) in [5, 5.41) is 14.8. The minimum atomic E-state index is -0.475. The van der Waals surface area contributed by atoms with Gasteiger partial charge in [0, 0.05) is 18.1 Å². The highest BCUT2D eigenvalue weighted by Gasteiger charge is 2.42. The molecule has 1 aromatic rings. The summed E-state index contributed by atoms with van der Waals surface area (Å²) in [6, 6.07) is 7.94. The van der Waals surface area contributed by atoms with E-state index in [0.29, 0.717) is 24.1 Å². The van der Waals surface area contributed by atoms with Gasteiger partial charge in [0.1, 0.15) is 11.8 Å². The summed E-state index contributed by atoms with van der Waals surface area (Å²) in [6.07, 6.45) is 6.11. The van der Waals surface area contributed by atoms with Gasteiger partial charge in [-0.3, -0.25) is 14.9 Å². The van der Waals surface area contributed by atoms with Crippen molar-refractivity contribution in [2.45, 2.75) is 49.4 Å². The van der Waals surface area contributed by atoms with Crippen molar-refractivity contribution in [2.75, 3.05) is 17.5 Å². The number of ketones is 1. The third-order valence-corrected chi connectivity index (χ3v) is 8.33. The zero-order chi connectivity index (χ0) is 20.2. The van der Waals surface area contributed by atoms with E-state index in [-0.39, 0.29) is 23.0 Å². The predicted octanol–water partition coefficient (Wildman–Crippen LogP) is 2.53. The molecule has 0 spiro atoms. The highest BCUT2D eigenvalue weighted by molar-refractivity contribution is 8.01. The highest BCUT2D eigenvalue weighted by atomic mass is 32.2. The number of carbonyl (C=O) groups is 2. The standard InChI is InChI=1S/C21H27N3O3S2/c25-18(7-3-4-14-8-15-5-1-2-6-16(15)9-14)20-19(22-12-29-20)21(26)24-13-28-11-17(24)10-23-27/h1-2,5-6,10,14,17,19-20,22,27H,3-4,7-9,11-13H2/t17-,19+,20?/m1/s1. The maximum absolute atomic E-state index is 13.0. The third-order valence-electron chi connectivity index (χ3n) is 6.06. The Balaban J connectivity index is 1.27. The Bertz CT molecular complexity index is 763. The Labute approximate surface area is 179 Å². The largest absolute Gasteiger partial charge is 0.411 e. The third kappa shape index (κ3) is 4.64. The second-order valence-electron chi connectivity index (χ2n) is 7.95. The van der Waals surface area contributed by atoms with Gasteiger partial charge in [-0.15, -0.1) is 23.5 Å². The van der Waals surface area contributed by atoms with Crippen LogP contribution in [0.25, 0.3) is 0 Å². The number of nitrogens with zero attached hydrogens (tertiary/aromatic N) is 2. The average Bonchev–Trinajstić information content (AvgIpc) is 3.46. The number of carbonyl (C=O) groups excluding carboxylic acids is 2. The van der Waals surface area contributed by atoms with Crippen LogP contribution in [0.5, 0.6) is 0 Å². The number of fused-ring (bicyclic) bond motifs is 1. The molecule has 2 N–H and O–H groups in total. The zero-order valence-corrected chi connectivity index (χ0v) is 18.0. The number of hydrogen-bond donors (Lipinski definition) is 2. The Morgan fingerprint density at radius 2 is 2.03 bits per heavy atom. The second kappa shape index (κ2) is 9.53. The van der Waals surface area contributed by atoms with Crippen LogP contribution in [0, 0.1) is 5.92 Å². The van der Waals surface area contributed by atoms with Gasteiger partial charge in [0.05, 0.1) is 23.4 Å². The summed E-state index contributed by atoms with van der Waals surface area (Å²) in [6.45, 7) is 0. The fourth-order valence-electron chi connectivity index (χ4n) is 4.55. The molecule has 2 aliphatic heterocycles. The van der Waals surface area contributed by atoms with Gasteiger partial charge in [-0.25, -0.2) is 0 Å². The molecule has 8 heteroatoms. The van der Waals surface area contributed by atoms with E-state index in [0.717, 1.165) is 31.4 Å². The van der Waals surface area contributed by atoms with Crippen molar-refractivity contribution in [3.8, 4) is 0 Å². The van der Waals surface area contributed by atoms with Crippen molar-refractivity contribution in [1.29, 1.82) is 0 Å². The molecule has 3 aliphatic rings. The fourth-order valence-corrected chi connectivity index (χ4v) is 6.84. The summed E-state index contributed by atoms with van der Waals surface area (Å²) in [5.41, 5.74) is 2.91. The molecule has 2 saturated heterocycles. The molecule has 29 heavy (non-hydrogen) atoms. The minimum Gasteiger partial charge on any atom is -0.411 e. The van der Waals surface area contributed by atoms with Gasteiger partial charge >= 0.3 is 0 Å². The maximum Gasteiger partial charge on any atom is 0.242 e. The average molecular weight is 434 g/mol. The SMILES string of the molecule is O=C(CCCC1Cc2ccccc2C1)C1SCN[C@@H]1C(=O)N1CSC[C@H]1C=NO. The smallest absolute Gasteiger partial charge is 0.242 e. The molecule has 0 aromatic heterocycles. The van der Waals surface area contributed by atoms with E-state index in [2.05, 4.69) is 34.7 Å². The van der Waals surface area contributed by atoms with Crippen molar-refractivity contribution < 1.29 is 14.8 Å². The lowest BCUT2D eigenvalue weighted by atomic mass is 9.96. The van der Waals surface area contributed by atoms with E-state index in [1.165, 1.54) is 29.1 Å². The number of thioether (sulfide) groups is 2. The van der Waals surface area contributed by atoms with Gasteiger partial charge in [0.2, 0.25) is 5.91 Å². The van der Waals surface area contributed by atoms with Gasteiger partial charge in [0.25, 0.3) is 0 Å². The quantitative estimate of drug-likeness (QED) is 0.391. The predicted molar refractivity (Wildman–Crippen MR) is 118 cm³/mol. The Hall–Kier alpha value is -1.51. The normalized spacial score (nSPS) is 27.0. The van der Waals surface area contributed by atoms with Crippen LogP contribution >= 0.6 is 23.5 Å². The van der Waals surface area contributed by atoms with Crippen molar-refractivity contribution in [3.05, 3.63) is 35.4 Å². The minimum absolute atomic E-state index is 0.0607. The van der Waals surface area contributed by atoms with Crippen LogP contribution in [0.4, 0.5) is 0 Å². The second-order valence-corrected chi connectivity index (χ2v) is 10.1. The van der Waals surface area contributed by atoms with E-state index < -0.39 is 6.04 Å². The number of rotatable bonds is 7. The topological polar surface area (TPSA) is 82.0 Å². The molecular formula is C21H27N3O3S2. The first-order valence-corrected chi connectivity index (χ1v) is 12.4. The number of benzene rings is 1. The molecule has 6 nitrogen and oxygen atoms in total. The lowest BCUT2D eigenvalue weighted by Crippen LogP contribution is -2.51. The van der Waals surface area contributed by atoms with E-state index in [1.54, 1.807) is 16.7 Å². The van der Waals surface area contributed by atoms with Gasteiger partial charge in [0.15, 0.2) is 0 Å². The van der Waals surface area contributed by atoms with Crippen LogP contribution in [0.1, 0.15) is 30.4 Å². The summed E-state index contributed by atoms with van der Waals surface area (Å²) in [5.74, 6) is 2.65. The van der Waals surface area contributed by atoms with E-state index in [1.807, 2.05) is 0 Å². The molecule has 0 radical (unpaired) electrons.